The number of nitrogens with zero attached hydrogens (tertiary/aromatic N) is 4. The van der Waals surface area contributed by atoms with Crippen molar-refractivity contribution in [2.45, 2.75) is 4.34 Å². The summed E-state index contributed by atoms with van der Waals surface area (Å²) < 4.78 is 1.65. The monoisotopic (exact) mass is 428 g/mol. The van der Waals surface area contributed by atoms with Gasteiger partial charge in [0.1, 0.15) is 5.01 Å². The Balaban J connectivity index is 1.58. The average molecular weight is 429 g/mol. The Morgan fingerprint density at radius 3 is 2.65 bits per heavy atom. The van der Waals surface area contributed by atoms with Crippen LogP contribution in [-0.2, 0) is 4.79 Å². The van der Waals surface area contributed by atoms with Crippen LogP contribution in [0.2, 0.25) is 0 Å². The summed E-state index contributed by atoms with van der Waals surface area (Å²) in [5.74, 6) is 0.0317. The summed E-state index contributed by atoms with van der Waals surface area (Å²) in [5.41, 5.74) is 6.44. The topological polar surface area (TPSA) is 107 Å². The number of hydrogen-bond acceptors (Lipinski definition) is 9. The minimum atomic E-state index is -0.178. The van der Waals surface area contributed by atoms with Crippen molar-refractivity contribution in [3.05, 3.63) is 28.7 Å². The lowest BCUT2D eigenvalue weighted by Crippen LogP contribution is -2.13. The molecule has 3 N–H and O–H groups in total. The van der Waals surface area contributed by atoms with Crippen molar-refractivity contribution in [1.82, 2.24) is 20.4 Å². The van der Waals surface area contributed by atoms with Crippen LogP contribution < -0.4 is 11.1 Å². The molecule has 23 heavy (non-hydrogen) atoms. The molecule has 0 aliphatic heterocycles. The first kappa shape index (κ1) is 16.3. The smallest absolute Gasteiger partial charge is 0.236 e. The second kappa shape index (κ2) is 7.34. The fourth-order valence-electron chi connectivity index (χ4n) is 1.54. The summed E-state index contributed by atoms with van der Waals surface area (Å²) >= 11 is 7.23. The molecule has 0 fully saturated rings. The normalized spacial score (nSPS) is 10.7. The second-order valence-corrected chi connectivity index (χ2v) is 8.29. The van der Waals surface area contributed by atoms with Gasteiger partial charge in [0.15, 0.2) is 4.34 Å². The SMILES string of the molecule is Nc1nnc(SCC(=O)Nc2nnc(-c3ccc(Br)cc3)s2)s1. The molecular formula is C12H9BrN6OS3. The van der Waals surface area contributed by atoms with E-state index in [0.29, 0.717) is 14.6 Å². The standard InChI is InChI=1S/C12H9BrN6OS3/c13-7-3-1-6(2-4-7)9-16-18-11(22-9)15-8(20)5-21-12-19-17-10(14)23-12/h1-4H,5H2,(H2,14,17)(H,15,18,20). The Labute approximate surface area is 151 Å². The predicted octanol–water partition coefficient (Wildman–Crippen LogP) is 3.13. The van der Waals surface area contributed by atoms with Gasteiger partial charge in [-0.3, -0.25) is 10.1 Å². The van der Waals surface area contributed by atoms with Gasteiger partial charge in [-0.05, 0) is 12.1 Å². The van der Waals surface area contributed by atoms with E-state index >= 15 is 0 Å². The zero-order valence-corrected chi connectivity index (χ0v) is 15.4. The van der Waals surface area contributed by atoms with Crippen molar-refractivity contribution < 1.29 is 4.79 Å². The molecule has 1 aromatic carbocycles. The number of thioether (sulfide) groups is 1. The van der Waals surface area contributed by atoms with Gasteiger partial charge in [-0.25, -0.2) is 0 Å². The largest absolute Gasteiger partial charge is 0.374 e. The van der Waals surface area contributed by atoms with Gasteiger partial charge < -0.3 is 5.73 Å². The van der Waals surface area contributed by atoms with E-state index in [1.807, 2.05) is 24.3 Å². The molecule has 3 aromatic rings. The second-order valence-electron chi connectivity index (χ2n) is 4.16. The molecule has 0 saturated carbocycles. The summed E-state index contributed by atoms with van der Waals surface area (Å²) in [5, 5.41) is 19.9. The number of nitrogens with two attached hydrogens (primary N) is 1. The molecule has 0 spiro atoms. The molecule has 0 radical (unpaired) electrons. The molecule has 11 heteroatoms. The maximum atomic E-state index is 11.9. The van der Waals surface area contributed by atoms with Crippen LogP contribution in [0.15, 0.2) is 33.1 Å². The molecule has 0 atom stereocenters. The number of nitrogen functional groups attached to an aromatic ring is 1. The number of nitrogens with one attached hydrogen (secondary N) is 1. The number of rotatable bonds is 5. The van der Waals surface area contributed by atoms with Gasteiger partial charge in [0, 0.05) is 10.0 Å². The highest BCUT2D eigenvalue weighted by Crippen LogP contribution is 2.28. The minimum Gasteiger partial charge on any atom is -0.374 e. The number of carbonyl (C=O) groups excluding carboxylic acids is 1. The van der Waals surface area contributed by atoms with Crippen molar-refractivity contribution in [2.75, 3.05) is 16.8 Å². The number of carbonyl (C=O) groups is 1. The first-order chi connectivity index (χ1) is 11.1. The summed E-state index contributed by atoms with van der Waals surface area (Å²) in [6.07, 6.45) is 0. The van der Waals surface area contributed by atoms with Crippen LogP contribution in [0.4, 0.5) is 10.3 Å². The first-order valence-corrected chi connectivity index (χ1v) is 9.62. The Morgan fingerprint density at radius 1 is 1.17 bits per heavy atom. The zero-order chi connectivity index (χ0) is 16.2. The van der Waals surface area contributed by atoms with Crippen LogP contribution in [-0.4, -0.2) is 32.1 Å². The maximum Gasteiger partial charge on any atom is 0.236 e. The third kappa shape index (κ3) is 4.47. The van der Waals surface area contributed by atoms with Gasteiger partial charge in [0.2, 0.25) is 16.2 Å². The van der Waals surface area contributed by atoms with Gasteiger partial charge in [-0.2, -0.15) is 0 Å². The molecule has 2 aromatic heterocycles. The van der Waals surface area contributed by atoms with Crippen LogP contribution in [0, 0.1) is 0 Å². The van der Waals surface area contributed by atoms with Gasteiger partial charge in [-0.1, -0.05) is 62.5 Å². The van der Waals surface area contributed by atoms with E-state index in [-0.39, 0.29) is 11.7 Å². The highest BCUT2D eigenvalue weighted by atomic mass is 79.9. The van der Waals surface area contributed by atoms with Gasteiger partial charge in [0.25, 0.3) is 0 Å². The van der Waals surface area contributed by atoms with E-state index in [2.05, 4.69) is 41.6 Å². The third-order valence-corrected chi connectivity index (χ3v) is 5.81. The van der Waals surface area contributed by atoms with E-state index < -0.39 is 0 Å². The molecule has 0 bridgehead atoms. The van der Waals surface area contributed by atoms with Crippen molar-refractivity contribution in [3.8, 4) is 10.6 Å². The van der Waals surface area contributed by atoms with Gasteiger partial charge in [-0.15, -0.1) is 20.4 Å². The number of amides is 1. The van der Waals surface area contributed by atoms with E-state index in [9.17, 15) is 4.79 Å². The summed E-state index contributed by atoms with van der Waals surface area (Å²) in [4.78, 5) is 11.9. The molecule has 3 rings (SSSR count). The highest BCUT2D eigenvalue weighted by Gasteiger charge is 2.11. The number of halogens is 1. The average Bonchev–Trinajstić information content (AvgIpc) is 3.15. The molecule has 2 heterocycles. The van der Waals surface area contributed by atoms with Gasteiger partial charge >= 0.3 is 0 Å². The molecular weight excluding hydrogens is 420 g/mol. The zero-order valence-electron chi connectivity index (χ0n) is 11.4. The van der Waals surface area contributed by atoms with Crippen molar-refractivity contribution in [1.29, 1.82) is 0 Å². The Kier molecular flexibility index (Phi) is 5.20. The predicted molar refractivity (Wildman–Crippen MR) is 96.7 cm³/mol. The first-order valence-electron chi connectivity index (χ1n) is 6.21. The fraction of sp³-hybridized carbons (Fsp3) is 0.0833. The lowest BCUT2D eigenvalue weighted by molar-refractivity contribution is -0.113. The van der Waals surface area contributed by atoms with Crippen LogP contribution in [0.1, 0.15) is 0 Å². The maximum absolute atomic E-state index is 11.9. The molecule has 0 aliphatic carbocycles. The number of hydrogen-bond donors (Lipinski definition) is 2. The van der Waals surface area contributed by atoms with Crippen molar-refractivity contribution >= 4 is 66.5 Å². The number of benzene rings is 1. The summed E-state index contributed by atoms with van der Waals surface area (Å²) in [6, 6.07) is 7.73. The number of anilines is 2. The highest BCUT2D eigenvalue weighted by molar-refractivity contribution is 9.10. The molecule has 118 valence electrons. The van der Waals surface area contributed by atoms with E-state index in [4.69, 9.17) is 5.73 Å². The molecule has 0 aliphatic rings. The Morgan fingerprint density at radius 2 is 1.96 bits per heavy atom. The fourth-order valence-corrected chi connectivity index (χ4v) is 4.01. The van der Waals surface area contributed by atoms with E-state index in [1.165, 1.54) is 34.4 Å². The van der Waals surface area contributed by atoms with Crippen LogP contribution >= 0.6 is 50.4 Å². The molecule has 1 amide bonds. The summed E-state index contributed by atoms with van der Waals surface area (Å²) in [7, 11) is 0. The van der Waals surface area contributed by atoms with Crippen molar-refractivity contribution in [2.24, 2.45) is 0 Å². The number of aromatic nitrogens is 4. The molecule has 0 unspecified atom stereocenters. The Hall–Kier alpha value is -1.56. The van der Waals surface area contributed by atoms with Crippen LogP contribution in [0.25, 0.3) is 10.6 Å². The molecule has 7 nitrogen and oxygen atoms in total. The minimum absolute atomic E-state index is 0.178. The lowest BCUT2D eigenvalue weighted by Gasteiger charge is -1.98. The van der Waals surface area contributed by atoms with E-state index in [0.717, 1.165) is 15.0 Å². The lowest BCUT2D eigenvalue weighted by atomic mass is 10.2. The van der Waals surface area contributed by atoms with Crippen LogP contribution in [0.3, 0.4) is 0 Å². The van der Waals surface area contributed by atoms with Crippen LogP contribution in [0.5, 0.6) is 0 Å². The van der Waals surface area contributed by atoms with Gasteiger partial charge in [0.05, 0.1) is 5.75 Å². The van der Waals surface area contributed by atoms with Crippen molar-refractivity contribution in [3.63, 3.8) is 0 Å². The quantitative estimate of drug-likeness (QED) is 0.600. The Bertz CT molecular complexity index is 818. The summed E-state index contributed by atoms with van der Waals surface area (Å²) in [6.45, 7) is 0. The molecule has 0 saturated heterocycles. The third-order valence-electron chi connectivity index (χ3n) is 2.51. The van der Waals surface area contributed by atoms with E-state index in [1.54, 1.807) is 0 Å².